The summed E-state index contributed by atoms with van der Waals surface area (Å²) in [4.78, 5) is 28.4. The van der Waals surface area contributed by atoms with Gasteiger partial charge in [-0.05, 0) is 30.0 Å². The van der Waals surface area contributed by atoms with E-state index in [-0.39, 0.29) is 17.1 Å². The molecular formula is C26H30N2O3. The van der Waals surface area contributed by atoms with Gasteiger partial charge in [-0.25, -0.2) is 0 Å². The Kier molecular flexibility index (Phi) is 5.61. The van der Waals surface area contributed by atoms with Crippen LogP contribution in [0, 0.1) is 11.3 Å². The van der Waals surface area contributed by atoms with E-state index in [4.69, 9.17) is 4.74 Å². The number of nitrogens with one attached hydrogen (secondary N) is 1. The van der Waals surface area contributed by atoms with E-state index < -0.39 is 12.0 Å². The van der Waals surface area contributed by atoms with Crippen LogP contribution in [0.15, 0.2) is 60.3 Å². The lowest BCUT2D eigenvalue weighted by Gasteiger charge is -2.39. The first-order valence-corrected chi connectivity index (χ1v) is 11.0. The number of rotatable bonds is 4. The van der Waals surface area contributed by atoms with Crippen molar-refractivity contribution in [3.8, 4) is 5.75 Å². The maximum atomic E-state index is 13.6. The molecule has 2 aliphatic rings. The Hall–Kier alpha value is -3.08. The number of para-hydroxylation sites is 3. The third-order valence-corrected chi connectivity index (χ3v) is 5.93. The van der Waals surface area contributed by atoms with Crippen molar-refractivity contribution in [3.05, 3.63) is 65.9 Å². The number of ether oxygens (including phenoxy) is 1. The highest BCUT2D eigenvalue weighted by molar-refractivity contribution is 6.00. The predicted octanol–water partition coefficient (Wildman–Crippen LogP) is 5.49. The quantitative estimate of drug-likeness (QED) is 0.713. The van der Waals surface area contributed by atoms with Crippen LogP contribution < -0.4 is 15.0 Å². The number of nitrogens with zero attached hydrogens (tertiary/aromatic N) is 1. The van der Waals surface area contributed by atoms with Gasteiger partial charge in [0.15, 0.2) is 0 Å². The van der Waals surface area contributed by atoms with Gasteiger partial charge < -0.3 is 15.0 Å². The molecule has 0 spiro atoms. The number of hydrogen-bond donors (Lipinski definition) is 1. The Labute approximate surface area is 184 Å². The number of carbonyl (C=O) groups excluding carboxylic acids is 2. The highest BCUT2D eigenvalue weighted by Crippen LogP contribution is 2.49. The van der Waals surface area contributed by atoms with Crippen molar-refractivity contribution >= 4 is 23.1 Å². The fourth-order valence-electron chi connectivity index (χ4n) is 4.75. The molecule has 0 saturated carbocycles. The first kappa shape index (κ1) is 21.2. The van der Waals surface area contributed by atoms with Gasteiger partial charge in [0, 0.05) is 24.6 Å². The topological polar surface area (TPSA) is 58.6 Å². The molecule has 0 radical (unpaired) electrons. The van der Waals surface area contributed by atoms with Crippen molar-refractivity contribution in [2.24, 2.45) is 11.3 Å². The Balaban J connectivity index is 1.98. The molecule has 1 N–H and O–H groups in total. The summed E-state index contributed by atoms with van der Waals surface area (Å²) in [5.74, 6) is 0.250. The highest BCUT2D eigenvalue weighted by Gasteiger charge is 2.46. The van der Waals surface area contributed by atoms with Gasteiger partial charge >= 0.3 is 0 Å². The van der Waals surface area contributed by atoms with Gasteiger partial charge in [-0.15, -0.1) is 0 Å². The lowest BCUT2D eigenvalue weighted by atomic mass is 9.72. The molecule has 0 bridgehead atoms. The van der Waals surface area contributed by atoms with Crippen molar-refractivity contribution in [1.82, 2.24) is 0 Å². The number of benzene rings is 2. The molecule has 1 aliphatic carbocycles. The van der Waals surface area contributed by atoms with Crippen LogP contribution in [-0.2, 0) is 9.59 Å². The lowest BCUT2D eigenvalue weighted by molar-refractivity contribution is -0.125. The smallest absolute Gasteiger partial charge is 0.224 e. The fraction of sp³-hybridized carbons (Fsp3) is 0.385. The Bertz CT molecular complexity index is 1040. The molecule has 0 unspecified atom stereocenters. The molecule has 4 rings (SSSR count). The lowest BCUT2D eigenvalue weighted by Crippen LogP contribution is -2.43. The minimum Gasteiger partial charge on any atom is -0.493 e. The molecule has 0 saturated heterocycles. The number of amides is 1. The second kappa shape index (κ2) is 8.22. The fourth-order valence-corrected chi connectivity index (χ4v) is 4.75. The van der Waals surface area contributed by atoms with Gasteiger partial charge in [0.2, 0.25) is 5.91 Å². The Morgan fingerprint density at radius 2 is 1.87 bits per heavy atom. The maximum absolute atomic E-state index is 13.6. The summed E-state index contributed by atoms with van der Waals surface area (Å²) < 4.78 is 6.06. The van der Waals surface area contributed by atoms with Crippen molar-refractivity contribution < 1.29 is 14.3 Å². The van der Waals surface area contributed by atoms with Crippen molar-refractivity contribution in [2.75, 3.05) is 16.8 Å². The number of ketones is 1. The third kappa shape index (κ3) is 3.97. The second-order valence-corrected chi connectivity index (χ2v) is 9.07. The largest absolute Gasteiger partial charge is 0.493 e. The molecular weight excluding hydrogens is 388 g/mol. The molecule has 31 heavy (non-hydrogen) atoms. The van der Waals surface area contributed by atoms with Crippen LogP contribution in [0.2, 0.25) is 0 Å². The summed E-state index contributed by atoms with van der Waals surface area (Å²) in [7, 11) is 0. The van der Waals surface area contributed by atoms with Crippen molar-refractivity contribution in [2.45, 2.75) is 46.6 Å². The molecule has 1 heterocycles. The maximum Gasteiger partial charge on any atom is 0.224 e. The third-order valence-electron chi connectivity index (χ3n) is 5.93. The van der Waals surface area contributed by atoms with Gasteiger partial charge in [0.25, 0.3) is 0 Å². The number of Topliss-reactive ketones (excluding diaryl/α,β-unsaturated/α-hetero) is 1. The second-order valence-electron chi connectivity index (χ2n) is 9.07. The molecule has 162 valence electrons. The van der Waals surface area contributed by atoms with E-state index in [1.54, 1.807) is 11.8 Å². The number of anilines is 2. The summed E-state index contributed by atoms with van der Waals surface area (Å²) in [6.45, 7) is 8.34. The zero-order chi connectivity index (χ0) is 22.2. The van der Waals surface area contributed by atoms with Crippen LogP contribution in [0.3, 0.4) is 0 Å². The van der Waals surface area contributed by atoms with Crippen molar-refractivity contribution in [3.63, 3.8) is 0 Å². The van der Waals surface area contributed by atoms with E-state index in [1.165, 1.54) is 0 Å². The van der Waals surface area contributed by atoms with Crippen LogP contribution in [0.5, 0.6) is 5.75 Å². The Morgan fingerprint density at radius 1 is 1.16 bits per heavy atom. The first-order chi connectivity index (χ1) is 14.8. The van der Waals surface area contributed by atoms with Crippen LogP contribution in [0.4, 0.5) is 11.4 Å². The molecule has 2 aromatic rings. The van der Waals surface area contributed by atoms with E-state index in [9.17, 15) is 9.59 Å². The normalized spacial score (nSPS) is 21.9. The standard InChI is InChI=1S/C26H30N2O3/c1-5-14-31-23-13-9-6-10-18(23)25-24-20(15-26(3,4)16-22(24)30)27-19-11-7-8-12-21(19)28(25)17(2)29/h6-13,15,24-25,27H,5,14,16H2,1-4H3/t24-,25-/m0/s1. The van der Waals surface area contributed by atoms with E-state index in [2.05, 4.69) is 32.2 Å². The summed E-state index contributed by atoms with van der Waals surface area (Å²) in [6.07, 6.45) is 3.46. The van der Waals surface area contributed by atoms with E-state index >= 15 is 0 Å². The zero-order valence-corrected chi connectivity index (χ0v) is 18.6. The summed E-state index contributed by atoms with van der Waals surface area (Å²) in [5, 5.41) is 3.50. The summed E-state index contributed by atoms with van der Waals surface area (Å²) in [5.41, 5.74) is 3.06. The number of carbonyl (C=O) groups is 2. The van der Waals surface area contributed by atoms with Gasteiger partial charge in [-0.1, -0.05) is 57.2 Å². The number of allylic oxidation sites excluding steroid dienone is 1. The average Bonchev–Trinajstić information content (AvgIpc) is 2.85. The van der Waals surface area contributed by atoms with E-state index in [1.807, 2.05) is 48.5 Å². The molecule has 5 nitrogen and oxygen atoms in total. The minimum absolute atomic E-state index is 0.108. The van der Waals surface area contributed by atoms with E-state index in [0.29, 0.717) is 13.0 Å². The monoisotopic (exact) mass is 418 g/mol. The highest BCUT2D eigenvalue weighted by atomic mass is 16.5. The molecule has 0 fully saturated rings. The molecule has 2 atom stereocenters. The van der Waals surface area contributed by atoms with Crippen LogP contribution >= 0.6 is 0 Å². The molecule has 1 aliphatic heterocycles. The van der Waals surface area contributed by atoms with Gasteiger partial charge in [-0.2, -0.15) is 0 Å². The molecule has 1 amide bonds. The number of hydrogen-bond acceptors (Lipinski definition) is 4. The SMILES string of the molecule is CCCOc1ccccc1[C@H]1[C@@H]2C(=O)CC(C)(C)C=C2Nc2ccccc2N1C(C)=O. The zero-order valence-electron chi connectivity index (χ0n) is 18.6. The van der Waals surface area contributed by atoms with Crippen LogP contribution in [-0.4, -0.2) is 18.3 Å². The minimum atomic E-state index is -0.490. The van der Waals surface area contributed by atoms with E-state index in [0.717, 1.165) is 34.8 Å². The van der Waals surface area contributed by atoms with Crippen molar-refractivity contribution in [1.29, 1.82) is 0 Å². The number of fused-ring (bicyclic) bond motifs is 2. The van der Waals surface area contributed by atoms with Gasteiger partial charge in [-0.3, -0.25) is 9.59 Å². The summed E-state index contributed by atoms with van der Waals surface area (Å²) >= 11 is 0. The van der Waals surface area contributed by atoms with Gasteiger partial charge in [0.1, 0.15) is 11.5 Å². The van der Waals surface area contributed by atoms with Crippen LogP contribution in [0.1, 0.15) is 52.1 Å². The summed E-state index contributed by atoms with van der Waals surface area (Å²) in [6, 6.07) is 15.0. The molecule has 5 heteroatoms. The first-order valence-electron chi connectivity index (χ1n) is 11.0. The molecule has 0 aromatic heterocycles. The van der Waals surface area contributed by atoms with Gasteiger partial charge in [0.05, 0.1) is 29.9 Å². The Morgan fingerprint density at radius 3 is 2.61 bits per heavy atom. The molecule has 2 aromatic carbocycles. The average molecular weight is 419 g/mol. The predicted molar refractivity (Wildman–Crippen MR) is 123 cm³/mol. The van der Waals surface area contributed by atoms with Crippen LogP contribution in [0.25, 0.3) is 0 Å².